The van der Waals surface area contributed by atoms with Crippen molar-refractivity contribution in [1.82, 2.24) is 4.90 Å². The van der Waals surface area contributed by atoms with E-state index in [2.05, 4.69) is 19.6 Å². The number of fused-ring (bicyclic) bond motifs is 1. The molecule has 2 aliphatic rings. The quantitative estimate of drug-likeness (QED) is 0.800. The van der Waals surface area contributed by atoms with Crippen molar-refractivity contribution in [1.29, 1.82) is 0 Å². The number of benzene rings is 1. The van der Waals surface area contributed by atoms with E-state index in [0.717, 1.165) is 24.2 Å². The van der Waals surface area contributed by atoms with Crippen LogP contribution < -0.4 is 0 Å². The zero-order chi connectivity index (χ0) is 18.9. The van der Waals surface area contributed by atoms with Gasteiger partial charge in [0.1, 0.15) is 6.04 Å². The van der Waals surface area contributed by atoms with E-state index in [1.54, 1.807) is 4.90 Å². The lowest BCUT2D eigenvalue weighted by atomic mass is 9.75. The van der Waals surface area contributed by atoms with Crippen LogP contribution in [0.5, 0.6) is 0 Å². The smallest absolute Gasteiger partial charge is 0.326 e. The highest BCUT2D eigenvalue weighted by atomic mass is 28.4. The van der Waals surface area contributed by atoms with Gasteiger partial charge in [0.15, 0.2) is 0 Å². The Morgan fingerprint density at radius 1 is 1.27 bits per heavy atom. The summed E-state index contributed by atoms with van der Waals surface area (Å²) in [6.45, 7) is 6.75. The van der Waals surface area contributed by atoms with Gasteiger partial charge in [0, 0.05) is 18.9 Å². The molecule has 1 aromatic rings. The number of carboxylic acid groups (broad SMARTS) is 1. The van der Waals surface area contributed by atoms with Crippen LogP contribution in [0.4, 0.5) is 0 Å². The molecule has 6 heteroatoms. The molecule has 0 saturated carbocycles. The van der Waals surface area contributed by atoms with Crippen LogP contribution in [-0.4, -0.2) is 36.2 Å². The van der Waals surface area contributed by atoms with Crippen LogP contribution in [0, 0.1) is 11.8 Å². The second-order valence-corrected chi connectivity index (χ2v) is 12.6. The maximum atomic E-state index is 13.1. The molecule has 1 amide bonds. The minimum Gasteiger partial charge on any atom is -0.548 e. The maximum absolute atomic E-state index is 13.1. The van der Waals surface area contributed by atoms with Gasteiger partial charge in [-0.2, -0.15) is 0 Å². The molecule has 26 heavy (non-hydrogen) atoms. The number of hydrogen-bond donors (Lipinski definition) is 1. The molecule has 1 saturated heterocycles. The molecule has 1 aliphatic heterocycles. The second-order valence-electron chi connectivity index (χ2n) is 8.20. The highest BCUT2D eigenvalue weighted by molar-refractivity contribution is 6.70. The topological polar surface area (TPSA) is 66.8 Å². The summed E-state index contributed by atoms with van der Waals surface area (Å²) in [5.41, 5.74) is 0.958. The molecule has 0 unspecified atom stereocenters. The molecule has 140 valence electrons. The number of likely N-dealkylation sites (tertiary alicyclic amines) is 1. The van der Waals surface area contributed by atoms with Crippen molar-refractivity contribution in [2.24, 2.45) is 11.8 Å². The number of amides is 1. The summed E-state index contributed by atoms with van der Waals surface area (Å²) in [7, 11) is -1.70. The fourth-order valence-electron chi connectivity index (χ4n) is 3.92. The average molecular weight is 374 g/mol. The first-order chi connectivity index (χ1) is 12.2. The van der Waals surface area contributed by atoms with E-state index in [4.69, 9.17) is 4.43 Å². The fourth-order valence-corrected chi connectivity index (χ4v) is 4.88. The van der Waals surface area contributed by atoms with Crippen LogP contribution in [0.2, 0.25) is 19.6 Å². The van der Waals surface area contributed by atoms with E-state index in [9.17, 15) is 14.7 Å². The molecule has 1 N–H and O–H groups in total. The monoisotopic (exact) mass is 373 g/mol. The van der Waals surface area contributed by atoms with Crippen molar-refractivity contribution in [3.8, 4) is 0 Å². The highest BCUT2D eigenvalue weighted by Crippen LogP contribution is 2.39. The third-order valence-corrected chi connectivity index (χ3v) is 5.88. The number of rotatable bonds is 5. The van der Waals surface area contributed by atoms with Crippen LogP contribution in [0.25, 0.3) is 0 Å². The molecule has 0 spiro atoms. The van der Waals surface area contributed by atoms with Crippen molar-refractivity contribution in [2.45, 2.75) is 51.5 Å². The molecule has 0 aromatic heterocycles. The van der Waals surface area contributed by atoms with Crippen LogP contribution in [-0.2, 0) is 20.6 Å². The zero-order valence-electron chi connectivity index (χ0n) is 15.6. The van der Waals surface area contributed by atoms with Crippen LogP contribution in [0.3, 0.4) is 0 Å². The first kappa shape index (κ1) is 18.7. The summed E-state index contributed by atoms with van der Waals surface area (Å²) in [6.07, 6.45) is 3.97. The lowest BCUT2D eigenvalue weighted by Crippen LogP contribution is -2.54. The first-order valence-electron chi connectivity index (χ1n) is 9.21. The number of aliphatic carboxylic acids is 1. The van der Waals surface area contributed by atoms with Crippen molar-refractivity contribution in [3.05, 3.63) is 47.7 Å². The number of carboxylic acids is 1. The van der Waals surface area contributed by atoms with Gasteiger partial charge in [-0.1, -0.05) is 30.3 Å². The third kappa shape index (κ3) is 4.18. The van der Waals surface area contributed by atoms with Gasteiger partial charge in [0.2, 0.25) is 14.2 Å². The van der Waals surface area contributed by atoms with E-state index in [1.165, 1.54) is 0 Å². The van der Waals surface area contributed by atoms with Crippen molar-refractivity contribution in [2.75, 3.05) is 0 Å². The van der Waals surface area contributed by atoms with Crippen molar-refractivity contribution < 1.29 is 19.1 Å². The Balaban J connectivity index is 1.82. The standard InChI is InChI=1S/C20H27NO4Si/c1-26(2,3)25-16-9-10-17-15(11-16)12-18(20(23)24)21(19(17)22)13-14-7-5-4-6-8-14/h4-8,11,15,17-18H,9-10,12-13H2,1-3H3,(H,23,24)/t15-,17-,18+/m1/s1. The van der Waals surface area contributed by atoms with Gasteiger partial charge in [0.05, 0.1) is 5.76 Å². The van der Waals surface area contributed by atoms with Gasteiger partial charge >= 0.3 is 5.97 Å². The third-order valence-electron chi connectivity index (χ3n) is 5.01. The van der Waals surface area contributed by atoms with Gasteiger partial charge in [-0.3, -0.25) is 4.79 Å². The summed E-state index contributed by atoms with van der Waals surface area (Å²) in [5, 5.41) is 9.71. The number of hydrogen-bond acceptors (Lipinski definition) is 3. The summed E-state index contributed by atoms with van der Waals surface area (Å²) < 4.78 is 6.11. The van der Waals surface area contributed by atoms with Crippen LogP contribution in [0.1, 0.15) is 24.8 Å². The molecule has 1 aromatic carbocycles. The highest BCUT2D eigenvalue weighted by Gasteiger charge is 2.45. The van der Waals surface area contributed by atoms with Gasteiger partial charge in [0.25, 0.3) is 0 Å². The molecule has 0 bridgehead atoms. The van der Waals surface area contributed by atoms with E-state index < -0.39 is 20.3 Å². The van der Waals surface area contributed by atoms with Gasteiger partial charge < -0.3 is 14.4 Å². The van der Waals surface area contributed by atoms with Crippen LogP contribution in [0.15, 0.2) is 42.2 Å². The lowest BCUT2D eigenvalue weighted by Gasteiger charge is -2.43. The molecular formula is C20H27NO4Si. The van der Waals surface area contributed by atoms with Crippen LogP contribution >= 0.6 is 0 Å². The minimum absolute atomic E-state index is 0.0409. The summed E-state index contributed by atoms with van der Waals surface area (Å²) in [6, 6.07) is 8.81. The fraction of sp³-hybridized carbons (Fsp3) is 0.500. The molecule has 5 nitrogen and oxygen atoms in total. The Morgan fingerprint density at radius 3 is 2.58 bits per heavy atom. The lowest BCUT2D eigenvalue weighted by molar-refractivity contribution is -0.159. The molecular weight excluding hydrogens is 346 g/mol. The predicted molar refractivity (Wildman–Crippen MR) is 102 cm³/mol. The van der Waals surface area contributed by atoms with E-state index in [-0.39, 0.29) is 17.7 Å². The predicted octanol–water partition coefficient (Wildman–Crippen LogP) is 3.63. The maximum Gasteiger partial charge on any atom is 0.326 e. The SMILES string of the molecule is C[Si](C)(C)OC1=C[C@@H]2C[C@@H](C(=O)O)N(Cc3ccccc3)C(=O)[C@@H]2CC1. The zero-order valence-corrected chi connectivity index (χ0v) is 16.6. The largest absolute Gasteiger partial charge is 0.548 e. The van der Waals surface area contributed by atoms with Gasteiger partial charge in [-0.15, -0.1) is 0 Å². The first-order valence-corrected chi connectivity index (χ1v) is 12.6. The minimum atomic E-state index is -1.70. The molecule has 1 aliphatic carbocycles. The molecule has 1 fully saturated rings. The molecule has 3 atom stereocenters. The van der Waals surface area contributed by atoms with Gasteiger partial charge in [-0.05, 0) is 50.0 Å². The molecule has 0 radical (unpaired) electrons. The second kappa shape index (κ2) is 7.27. The molecule has 1 heterocycles. The van der Waals surface area contributed by atoms with E-state index in [1.807, 2.05) is 36.4 Å². The van der Waals surface area contributed by atoms with Crippen molar-refractivity contribution in [3.63, 3.8) is 0 Å². The van der Waals surface area contributed by atoms with Crippen molar-refractivity contribution >= 4 is 20.2 Å². The summed E-state index contributed by atoms with van der Waals surface area (Å²) >= 11 is 0. The number of carbonyl (C=O) groups is 2. The Bertz CT molecular complexity index is 710. The Morgan fingerprint density at radius 2 is 1.96 bits per heavy atom. The Hall–Kier alpha value is -2.08. The number of nitrogens with zero attached hydrogens (tertiary/aromatic N) is 1. The Labute approximate surface area is 155 Å². The Kier molecular flexibility index (Phi) is 5.23. The number of allylic oxidation sites excluding steroid dienone is 2. The van der Waals surface area contributed by atoms with E-state index >= 15 is 0 Å². The summed E-state index contributed by atoms with van der Waals surface area (Å²) in [4.78, 5) is 26.5. The molecule has 3 rings (SSSR count). The van der Waals surface area contributed by atoms with E-state index in [0.29, 0.717) is 13.0 Å². The van der Waals surface area contributed by atoms with Gasteiger partial charge in [-0.25, -0.2) is 4.79 Å². The number of piperidine rings is 1. The normalized spacial score (nSPS) is 26.1. The average Bonchev–Trinajstić information content (AvgIpc) is 2.56. The summed E-state index contributed by atoms with van der Waals surface area (Å²) in [5.74, 6) is -0.210. The number of carbonyl (C=O) groups excluding carboxylic acids is 1.